The second-order valence-corrected chi connectivity index (χ2v) is 5.77. The highest BCUT2D eigenvalue weighted by molar-refractivity contribution is 5.91. The van der Waals surface area contributed by atoms with Crippen LogP contribution in [0.4, 0.5) is 13.2 Å². The summed E-state index contributed by atoms with van der Waals surface area (Å²) in [4.78, 5) is 0. The summed E-state index contributed by atoms with van der Waals surface area (Å²) in [6.45, 7) is 3.68. The van der Waals surface area contributed by atoms with Gasteiger partial charge in [0.2, 0.25) is 0 Å². The average Bonchev–Trinajstić information content (AvgIpc) is 2.72. The van der Waals surface area contributed by atoms with Crippen molar-refractivity contribution in [1.29, 1.82) is 0 Å². The molecule has 0 N–H and O–H groups in total. The molecule has 5 heteroatoms. The molecule has 0 amide bonds. The molecule has 0 fully saturated rings. The summed E-state index contributed by atoms with van der Waals surface area (Å²) >= 11 is 0. The van der Waals surface area contributed by atoms with Crippen molar-refractivity contribution in [3.05, 3.63) is 84.2 Å². The van der Waals surface area contributed by atoms with E-state index in [2.05, 4.69) is 6.58 Å². The lowest BCUT2D eigenvalue weighted by molar-refractivity contribution is 0.344. The molecule has 0 atom stereocenters. The third-order valence-corrected chi connectivity index (χ3v) is 4.06. The Hall–Kier alpha value is -3.21. The quantitative estimate of drug-likeness (QED) is 0.373. The van der Waals surface area contributed by atoms with Crippen molar-refractivity contribution in [2.45, 2.75) is 0 Å². The maximum Gasteiger partial charge on any atom is 0.172 e. The van der Waals surface area contributed by atoms with E-state index in [-0.39, 0.29) is 28.9 Å². The van der Waals surface area contributed by atoms with Gasteiger partial charge in [0.05, 0.1) is 7.11 Å². The minimum Gasteiger partial charge on any atom is -0.497 e. The van der Waals surface area contributed by atoms with Crippen LogP contribution in [0.15, 0.2) is 67.3 Å². The third-order valence-electron chi connectivity index (χ3n) is 4.06. The highest BCUT2D eigenvalue weighted by atomic mass is 19.2. The van der Waals surface area contributed by atoms with Crippen LogP contribution in [0.2, 0.25) is 0 Å². The number of methoxy groups -OCH3 is 1. The smallest absolute Gasteiger partial charge is 0.172 e. The standard InChI is InChI=1S/C22H17F3O2/c1-3-12-27-19-11-7-15-13-16(6-10-18(15)22(19)25)21(24)20(23)14-4-8-17(26-2)9-5-14/h3-11,13H,1,12H2,2H3. The summed E-state index contributed by atoms with van der Waals surface area (Å²) in [6, 6.07) is 13.1. The van der Waals surface area contributed by atoms with E-state index in [4.69, 9.17) is 9.47 Å². The molecule has 3 aromatic carbocycles. The zero-order valence-corrected chi connectivity index (χ0v) is 14.6. The first kappa shape index (κ1) is 18.6. The van der Waals surface area contributed by atoms with Crippen molar-refractivity contribution in [2.24, 2.45) is 0 Å². The Morgan fingerprint density at radius 3 is 2.30 bits per heavy atom. The predicted molar refractivity (Wildman–Crippen MR) is 102 cm³/mol. The van der Waals surface area contributed by atoms with Crippen molar-refractivity contribution in [1.82, 2.24) is 0 Å². The predicted octanol–water partition coefficient (Wildman–Crippen LogP) is 6.32. The van der Waals surface area contributed by atoms with Gasteiger partial charge in [-0.3, -0.25) is 0 Å². The van der Waals surface area contributed by atoms with E-state index in [1.54, 1.807) is 18.2 Å². The van der Waals surface area contributed by atoms with Crippen LogP contribution in [-0.2, 0) is 0 Å². The van der Waals surface area contributed by atoms with Gasteiger partial charge in [-0.1, -0.05) is 30.9 Å². The maximum absolute atomic E-state index is 14.6. The van der Waals surface area contributed by atoms with Gasteiger partial charge in [0.15, 0.2) is 23.2 Å². The fourth-order valence-electron chi connectivity index (χ4n) is 2.66. The van der Waals surface area contributed by atoms with Crippen LogP contribution in [0.3, 0.4) is 0 Å². The molecule has 0 spiro atoms. The molecule has 0 saturated carbocycles. The summed E-state index contributed by atoms with van der Waals surface area (Å²) in [5, 5.41) is 0.701. The molecule has 0 bridgehead atoms. The fraction of sp³-hybridized carbons (Fsp3) is 0.0909. The molecule has 2 nitrogen and oxygen atoms in total. The highest BCUT2D eigenvalue weighted by Crippen LogP contribution is 2.33. The number of halogens is 3. The van der Waals surface area contributed by atoms with E-state index in [1.165, 1.54) is 49.6 Å². The first-order valence-corrected chi connectivity index (χ1v) is 8.21. The van der Waals surface area contributed by atoms with Crippen molar-refractivity contribution in [2.75, 3.05) is 13.7 Å². The van der Waals surface area contributed by atoms with Gasteiger partial charge in [0.25, 0.3) is 0 Å². The van der Waals surface area contributed by atoms with E-state index >= 15 is 0 Å². The van der Waals surface area contributed by atoms with Crippen LogP contribution in [-0.4, -0.2) is 13.7 Å². The normalized spacial score (nSPS) is 11.9. The molecule has 27 heavy (non-hydrogen) atoms. The maximum atomic E-state index is 14.6. The van der Waals surface area contributed by atoms with Gasteiger partial charge in [0.1, 0.15) is 12.4 Å². The van der Waals surface area contributed by atoms with Crippen LogP contribution in [0.25, 0.3) is 22.4 Å². The van der Waals surface area contributed by atoms with Gasteiger partial charge in [-0.25, -0.2) is 13.2 Å². The van der Waals surface area contributed by atoms with E-state index in [1.807, 2.05) is 0 Å². The van der Waals surface area contributed by atoms with E-state index < -0.39 is 17.5 Å². The largest absolute Gasteiger partial charge is 0.497 e. The monoisotopic (exact) mass is 370 g/mol. The van der Waals surface area contributed by atoms with Crippen molar-refractivity contribution in [3.8, 4) is 11.5 Å². The van der Waals surface area contributed by atoms with Crippen LogP contribution in [0.1, 0.15) is 11.1 Å². The van der Waals surface area contributed by atoms with Crippen LogP contribution < -0.4 is 9.47 Å². The Morgan fingerprint density at radius 2 is 1.63 bits per heavy atom. The molecule has 0 heterocycles. The van der Waals surface area contributed by atoms with E-state index in [0.717, 1.165) is 0 Å². The fourth-order valence-corrected chi connectivity index (χ4v) is 2.66. The number of ether oxygens (including phenoxy) is 2. The molecule has 0 aliphatic heterocycles. The molecule has 138 valence electrons. The van der Waals surface area contributed by atoms with Crippen molar-refractivity contribution < 1.29 is 22.6 Å². The molecule has 0 aromatic heterocycles. The minimum atomic E-state index is -1.02. The Bertz CT molecular complexity index is 1010. The second kappa shape index (κ2) is 7.99. The zero-order valence-electron chi connectivity index (χ0n) is 14.6. The minimum absolute atomic E-state index is 0.0231. The summed E-state index contributed by atoms with van der Waals surface area (Å²) in [5.41, 5.74) is 0.114. The first-order valence-electron chi connectivity index (χ1n) is 8.21. The molecular weight excluding hydrogens is 353 g/mol. The molecule has 0 radical (unpaired) electrons. The van der Waals surface area contributed by atoms with Gasteiger partial charge < -0.3 is 9.47 Å². The van der Waals surface area contributed by atoms with Gasteiger partial charge in [-0.15, -0.1) is 0 Å². The summed E-state index contributed by atoms with van der Waals surface area (Å²) in [6.07, 6.45) is 1.51. The molecule has 0 aliphatic carbocycles. The van der Waals surface area contributed by atoms with Crippen LogP contribution in [0, 0.1) is 5.82 Å². The Balaban J connectivity index is 1.99. The third kappa shape index (κ3) is 3.82. The lowest BCUT2D eigenvalue weighted by Gasteiger charge is -2.09. The number of benzene rings is 3. The summed E-state index contributed by atoms with van der Waals surface area (Å²) in [5.74, 6) is -1.95. The summed E-state index contributed by atoms with van der Waals surface area (Å²) < 4.78 is 53.8. The molecule has 3 aromatic rings. The molecular formula is C22H17F3O2. The summed E-state index contributed by atoms with van der Waals surface area (Å²) in [7, 11) is 1.49. The molecule has 0 aliphatic rings. The highest BCUT2D eigenvalue weighted by Gasteiger charge is 2.14. The Labute approximate surface area is 155 Å². The number of rotatable bonds is 6. The van der Waals surface area contributed by atoms with Gasteiger partial charge in [-0.05, 0) is 41.8 Å². The van der Waals surface area contributed by atoms with Crippen LogP contribution >= 0.6 is 0 Å². The second-order valence-electron chi connectivity index (χ2n) is 5.77. The Morgan fingerprint density at radius 1 is 0.963 bits per heavy atom. The molecule has 0 saturated heterocycles. The van der Waals surface area contributed by atoms with E-state index in [9.17, 15) is 13.2 Å². The SMILES string of the molecule is C=CCOc1ccc2cc(C(F)=C(F)c3ccc(OC)cc3)ccc2c1F. The number of fused-ring (bicyclic) bond motifs is 1. The number of hydrogen-bond donors (Lipinski definition) is 0. The van der Waals surface area contributed by atoms with E-state index in [0.29, 0.717) is 11.1 Å². The van der Waals surface area contributed by atoms with Gasteiger partial charge >= 0.3 is 0 Å². The van der Waals surface area contributed by atoms with Crippen molar-refractivity contribution >= 4 is 22.4 Å². The van der Waals surface area contributed by atoms with Crippen LogP contribution in [0.5, 0.6) is 11.5 Å². The zero-order chi connectivity index (χ0) is 19.4. The topological polar surface area (TPSA) is 18.5 Å². The molecule has 3 rings (SSSR count). The molecule has 0 unspecified atom stereocenters. The van der Waals surface area contributed by atoms with Gasteiger partial charge in [0, 0.05) is 16.5 Å². The lowest BCUT2D eigenvalue weighted by atomic mass is 10.0. The lowest BCUT2D eigenvalue weighted by Crippen LogP contribution is -1.96. The number of hydrogen-bond acceptors (Lipinski definition) is 2. The first-order chi connectivity index (χ1) is 13.0. The average molecular weight is 370 g/mol. The Kier molecular flexibility index (Phi) is 5.50. The van der Waals surface area contributed by atoms with Crippen molar-refractivity contribution in [3.63, 3.8) is 0 Å². The van der Waals surface area contributed by atoms with Gasteiger partial charge in [-0.2, -0.15) is 0 Å².